The molecule has 0 saturated carbocycles. The highest BCUT2D eigenvalue weighted by molar-refractivity contribution is 8.14. The van der Waals surface area contributed by atoms with Crippen LogP contribution in [0.15, 0.2) is 5.10 Å². The van der Waals surface area contributed by atoms with Gasteiger partial charge < -0.3 is 11.6 Å². The molecule has 0 amide bonds. The van der Waals surface area contributed by atoms with E-state index in [-0.39, 0.29) is 16.2 Å². The first kappa shape index (κ1) is 12.6. The molecule has 13 heavy (non-hydrogen) atoms. The molecule has 0 heterocycles. The van der Waals surface area contributed by atoms with Crippen molar-refractivity contribution in [2.75, 3.05) is 11.5 Å². The van der Waals surface area contributed by atoms with Crippen LogP contribution in [0.25, 0.3) is 0 Å². The molecule has 0 unspecified atom stereocenters. The lowest BCUT2D eigenvalue weighted by Gasteiger charge is -2.06. The predicted octanol–water partition coefficient (Wildman–Crippen LogP) is -0.269. The van der Waals surface area contributed by atoms with Crippen LogP contribution in [0.1, 0.15) is 13.8 Å². The van der Waals surface area contributed by atoms with Crippen molar-refractivity contribution in [1.82, 2.24) is 0 Å². The average Bonchev–Trinajstić information content (AvgIpc) is 2.03. The van der Waals surface area contributed by atoms with Gasteiger partial charge in [-0.1, -0.05) is 11.8 Å². The molecule has 0 spiro atoms. The van der Waals surface area contributed by atoms with Gasteiger partial charge in [0.25, 0.3) is 0 Å². The minimum absolute atomic E-state index is 0.103. The minimum Gasteiger partial charge on any atom is -0.377 e. The Morgan fingerprint density at radius 3 is 2.46 bits per heavy atom. The zero-order chi connectivity index (χ0) is 10.5. The molecule has 0 aliphatic heterocycles. The lowest BCUT2D eigenvalue weighted by molar-refractivity contribution is 0.589. The Balaban J connectivity index is 3.92. The molecule has 5 nitrogen and oxygen atoms in total. The Hall–Kier alpha value is -0.430. The number of hydrogen-bond donors (Lipinski definition) is 2. The van der Waals surface area contributed by atoms with Gasteiger partial charge in [-0.15, -0.1) is 0 Å². The molecule has 0 aromatic carbocycles. The quantitative estimate of drug-likeness (QED) is 0.297. The molecule has 0 rings (SSSR count). The Labute approximate surface area is 82.9 Å². The molecule has 0 aromatic rings. The highest BCUT2D eigenvalue weighted by Crippen LogP contribution is 2.05. The van der Waals surface area contributed by atoms with Crippen LogP contribution in [-0.2, 0) is 9.84 Å². The number of nitrogens with two attached hydrogens (primary N) is 2. The zero-order valence-electron chi connectivity index (χ0n) is 7.73. The first-order valence-electron chi connectivity index (χ1n) is 3.78. The fourth-order valence-electron chi connectivity index (χ4n) is 0.535. The maximum atomic E-state index is 11.3. The summed E-state index contributed by atoms with van der Waals surface area (Å²) in [5, 5.41) is 3.08. The van der Waals surface area contributed by atoms with Crippen molar-refractivity contribution in [3.05, 3.63) is 0 Å². The highest BCUT2D eigenvalue weighted by atomic mass is 32.2. The lowest BCUT2D eigenvalue weighted by atomic mass is 10.6. The summed E-state index contributed by atoms with van der Waals surface area (Å²) in [6, 6.07) is 0. The van der Waals surface area contributed by atoms with E-state index in [2.05, 4.69) is 5.10 Å². The molecule has 4 N–H and O–H groups in total. The van der Waals surface area contributed by atoms with Crippen LogP contribution in [0.4, 0.5) is 0 Å². The standard InChI is InChI=1S/C6H15N3O2S2/c1-5(2)13(10,11)4-3-12-6(7)9-8/h5H,3-4,8H2,1-2H3,(H2,7,9). The van der Waals surface area contributed by atoms with E-state index in [4.69, 9.17) is 11.6 Å². The van der Waals surface area contributed by atoms with Gasteiger partial charge in [0.15, 0.2) is 15.0 Å². The van der Waals surface area contributed by atoms with E-state index in [9.17, 15) is 8.42 Å². The number of hydrazone groups is 1. The molecule has 0 bridgehead atoms. The van der Waals surface area contributed by atoms with Crippen LogP contribution >= 0.6 is 11.8 Å². The van der Waals surface area contributed by atoms with Crippen LogP contribution in [0.3, 0.4) is 0 Å². The van der Waals surface area contributed by atoms with Crippen molar-refractivity contribution in [2.45, 2.75) is 19.1 Å². The molecule has 0 saturated heterocycles. The first-order chi connectivity index (χ1) is 5.90. The monoisotopic (exact) mass is 225 g/mol. The van der Waals surface area contributed by atoms with E-state index < -0.39 is 9.84 Å². The Morgan fingerprint density at radius 1 is 1.54 bits per heavy atom. The van der Waals surface area contributed by atoms with Crippen molar-refractivity contribution in [1.29, 1.82) is 0 Å². The van der Waals surface area contributed by atoms with E-state index in [1.165, 1.54) is 0 Å². The second kappa shape index (κ2) is 5.33. The van der Waals surface area contributed by atoms with E-state index >= 15 is 0 Å². The van der Waals surface area contributed by atoms with Crippen LogP contribution in [0.5, 0.6) is 0 Å². The molecule has 0 aliphatic rings. The van der Waals surface area contributed by atoms with Gasteiger partial charge in [0.05, 0.1) is 11.0 Å². The number of thioether (sulfide) groups is 1. The fraction of sp³-hybridized carbons (Fsp3) is 0.833. The maximum absolute atomic E-state index is 11.3. The summed E-state index contributed by atoms with van der Waals surface area (Å²) in [6.45, 7) is 3.31. The van der Waals surface area contributed by atoms with Crippen LogP contribution in [0, 0.1) is 0 Å². The summed E-state index contributed by atoms with van der Waals surface area (Å²) in [7, 11) is -2.97. The minimum atomic E-state index is -2.97. The van der Waals surface area contributed by atoms with Gasteiger partial charge in [-0.25, -0.2) is 8.42 Å². The third-order valence-electron chi connectivity index (χ3n) is 1.46. The normalized spacial score (nSPS) is 13.6. The largest absolute Gasteiger partial charge is 0.377 e. The molecule has 0 atom stereocenters. The van der Waals surface area contributed by atoms with E-state index in [0.29, 0.717) is 5.75 Å². The first-order valence-corrected chi connectivity index (χ1v) is 6.48. The predicted molar refractivity (Wildman–Crippen MR) is 57.2 cm³/mol. The lowest BCUT2D eigenvalue weighted by Crippen LogP contribution is -2.20. The van der Waals surface area contributed by atoms with E-state index in [1.54, 1.807) is 13.8 Å². The van der Waals surface area contributed by atoms with Gasteiger partial charge in [0.2, 0.25) is 0 Å². The van der Waals surface area contributed by atoms with Gasteiger partial charge in [-0.3, -0.25) is 0 Å². The van der Waals surface area contributed by atoms with Crippen LogP contribution in [0.2, 0.25) is 0 Å². The van der Waals surface area contributed by atoms with Gasteiger partial charge >= 0.3 is 0 Å². The number of sulfone groups is 1. The van der Waals surface area contributed by atoms with E-state index in [0.717, 1.165) is 11.8 Å². The van der Waals surface area contributed by atoms with Crippen molar-refractivity contribution in [3.63, 3.8) is 0 Å². The van der Waals surface area contributed by atoms with Gasteiger partial charge in [0, 0.05) is 5.75 Å². The zero-order valence-corrected chi connectivity index (χ0v) is 9.36. The van der Waals surface area contributed by atoms with Crippen LogP contribution < -0.4 is 11.6 Å². The molecule has 7 heteroatoms. The Morgan fingerprint density at radius 2 is 2.08 bits per heavy atom. The summed E-state index contributed by atoms with van der Waals surface area (Å²) in [5.74, 6) is 5.37. The topological polar surface area (TPSA) is 98.5 Å². The van der Waals surface area contributed by atoms with Crippen LogP contribution in [-0.4, -0.2) is 30.3 Å². The van der Waals surface area contributed by atoms with Crippen molar-refractivity contribution >= 4 is 26.8 Å². The molecule has 0 aliphatic carbocycles. The highest BCUT2D eigenvalue weighted by Gasteiger charge is 2.15. The number of hydrogen-bond acceptors (Lipinski definition) is 5. The number of nitrogens with zero attached hydrogens (tertiary/aromatic N) is 1. The molecular weight excluding hydrogens is 210 g/mol. The summed E-state index contributed by atoms with van der Waals surface area (Å²) in [5.41, 5.74) is 5.27. The Bertz CT molecular complexity index is 272. The van der Waals surface area contributed by atoms with Crippen molar-refractivity contribution < 1.29 is 8.42 Å². The molecule has 0 radical (unpaired) electrons. The summed E-state index contributed by atoms with van der Waals surface area (Å²) in [6.07, 6.45) is 0. The third kappa shape index (κ3) is 4.99. The smallest absolute Gasteiger partial charge is 0.177 e. The second-order valence-electron chi connectivity index (χ2n) is 2.73. The third-order valence-corrected chi connectivity index (χ3v) is 4.74. The Kier molecular flexibility index (Phi) is 5.16. The number of amidine groups is 1. The molecule has 0 aromatic heterocycles. The second-order valence-corrected chi connectivity index (χ2v) is 6.52. The van der Waals surface area contributed by atoms with Crippen molar-refractivity contribution in [3.8, 4) is 0 Å². The van der Waals surface area contributed by atoms with Gasteiger partial charge in [-0.05, 0) is 13.8 Å². The number of rotatable bonds is 4. The van der Waals surface area contributed by atoms with Gasteiger partial charge in [0.1, 0.15) is 0 Å². The summed E-state index contributed by atoms with van der Waals surface area (Å²) in [4.78, 5) is 0. The molecule has 0 fully saturated rings. The molecule has 78 valence electrons. The van der Waals surface area contributed by atoms with Gasteiger partial charge in [-0.2, -0.15) is 5.10 Å². The van der Waals surface area contributed by atoms with E-state index in [1.807, 2.05) is 0 Å². The molecular formula is C6H15N3O2S2. The SMILES string of the molecule is CC(C)S(=O)(=O)CCSC(N)=NN. The van der Waals surface area contributed by atoms with Crippen molar-refractivity contribution in [2.24, 2.45) is 16.7 Å². The fourth-order valence-corrected chi connectivity index (χ4v) is 2.55. The summed E-state index contributed by atoms with van der Waals surface area (Å²) < 4.78 is 22.5. The average molecular weight is 225 g/mol. The summed E-state index contributed by atoms with van der Waals surface area (Å²) >= 11 is 1.14. The maximum Gasteiger partial charge on any atom is 0.177 e.